The summed E-state index contributed by atoms with van der Waals surface area (Å²) in [6.07, 6.45) is 0.752. The highest BCUT2D eigenvalue weighted by molar-refractivity contribution is 7.89. The lowest BCUT2D eigenvalue weighted by Crippen LogP contribution is -2.37. The number of ether oxygens (including phenoxy) is 1. The average molecular weight is 377 g/mol. The molecule has 24 heavy (non-hydrogen) atoms. The van der Waals surface area contributed by atoms with Crippen LogP contribution in [0.1, 0.15) is 20.3 Å². The van der Waals surface area contributed by atoms with Crippen molar-refractivity contribution in [3.05, 3.63) is 29.3 Å². The Morgan fingerprint density at radius 3 is 2.42 bits per heavy atom. The summed E-state index contributed by atoms with van der Waals surface area (Å²) in [6, 6.07) is 5.56. The number of amides is 1. The molecule has 0 spiro atoms. The number of benzene rings is 1. The minimum atomic E-state index is -3.84. The summed E-state index contributed by atoms with van der Waals surface area (Å²) in [7, 11) is -2.58. The van der Waals surface area contributed by atoms with Crippen LogP contribution in [0.3, 0.4) is 0 Å². The van der Waals surface area contributed by atoms with E-state index in [-0.39, 0.29) is 10.9 Å². The largest absolute Gasteiger partial charge is 0.455 e. The quantitative estimate of drug-likeness (QED) is 0.692. The van der Waals surface area contributed by atoms with E-state index in [4.69, 9.17) is 16.3 Å². The Kier molecular flexibility index (Phi) is 7.65. The number of sulfonamides is 1. The first-order valence-electron chi connectivity index (χ1n) is 7.33. The van der Waals surface area contributed by atoms with Crippen molar-refractivity contribution in [3.8, 4) is 0 Å². The minimum absolute atomic E-state index is 0.0108. The molecule has 1 aromatic rings. The summed E-state index contributed by atoms with van der Waals surface area (Å²) in [6.45, 7) is 2.79. The molecule has 1 unspecified atom stereocenters. The molecule has 1 atom stereocenters. The summed E-state index contributed by atoms with van der Waals surface area (Å²) in [5.74, 6) is -1.24. The second-order valence-electron chi connectivity index (χ2n) is 5.25. The molecule has 1 amide bonds. The molecule has 0 saturated heterocycles. The maximum Gasteiger partial charge on any atom is 0.321 e. The van der Waals surface area contributed by atoms with Gasteiger partial charge in [0.25, 0.3) is 5.91 Å². The molecule has 0 aliphatic rings. The fraction of sp³-hybridized carbons (Fsp3) is 0.467. The van der Waals surface area contributed by atoms with Crippen molar-refractivity contribution >= 4 is 33.5 Å². The van der Waals surface area contributed by atoms with Crippen LogP contribution >= 0.6 is 11.6 Å². The third-order valence-electron chi connectivity index (χ3n) is 3.26. The van der Waals surface area contributed by atoms with Crippen molar-refractivity contribution in [2.24, 2.45) is 0 Å². The molecule has 0 fully saturated rings. The Hall–Kier alpha value is -1.64. The molecule has 0 aromatic heterocycles. The van der Waals surface area contributed by atoms with Gasteiger partial charge in [0.05, 0.1) is 4.90 Å². The van der Waals surface area contributed by atoms with Crippen LogP contribution in [0.25, 0.3) is 0 Å². The van der Waals surface area contributed by atoms with Crippen molar-refractivity contribution < 1.29 is 22.7 Å². The topological polar surface area (TPSA) is 92.8 Å². The molecule has 0 aliphatic heterocycles. The number of carbonyl (C=O) groups excluding carboxylic acids is 2. The predicted octanol–water partition coefficient (Wildman–Crippen LogP) is 1.42. The lowest BCUT2D eigenvalue weighted by atomic mass is 10.2. The molecule has 0 saturated carbocycles. The van der Waals surface area contributed by atoms with E-state index in [9.17, 15) is 18.0 Å². The number of esters is 1. The fourth-order valence-corrected chi connectivity index (χ4v) is 2.90. The molecule has 7 nitrogen and oxygen atoms in total. The van der Waals surface area contributed by atoms with Crippen molar-refractivity contribution in [3.63, 3.8) is 0 Å². The van der Waals surface area contributed by atoms with Gasteiger partial charge in [-0.25, -0.2) is 8.42 Å². The Labute approximate surface area is 147 Å². The summed E-state index contributed by atoms with van der Waals surface area (Å²) in [5.41, 5.74) is 0. The second-order valence-corrected chi connectivity index (χ2v) is 7.73. The normalized spacial score (nSPS) is 12.7. The van der Waals surface area contributed by atoms with Gasteiger partial charge in [0.15, 0.2) is 6.61 Å². The van der Waals surface area contributed by atoms with Gasteiger partial charge >= 0.3 is 5.97 Å². The maximum atomic E-state index is 12.3. The maximum absolute atomic E-state index is 12.3. The van der Waals surface area contributed by atoms with E-state index in [1.807, 2.05) is 13.8 Å². The zero-order valence-electron chi connectivity index (χ0n) is 13.8. The summed E-state index contributed by atoms with van der Waals surface area (Å²) in [5, 5.41) is 3.04. The van der Waals surface area contributed by atoms with Gasteiger partial charge < -0.3 is 10.1 Å². The summed E-state index contributed by atoms with van der Waals surface area (Å²) < 4.78 is 30.2. The average Bonchev–Trinajstić information content (AvgIpc) is 2.53. The zero-order chi connectivity index (χ0) is 18.3. The van der Waals surface area contributed by atoms with Crippen LogP contribution in [-0.4, -0.2) is 50.8 Å². The molecule has 9 heteroatoms. The molecule has 134 valence electrons. The number of halogens is 1. The molecule has 0 bridgehead atoms. The first-order valence-corrected chi connectivity index (χ1v) is 9.15. The summed E-state index contributed by atoms with van der Waals surface area (Å²) >= 11 is 5.72. The van der Waals surface area contributed by atoms with Gasteiger partial charge in [0.1, 0.15) is 6.54 Å². The lowest BCUT2D eigenvalue weighted by Gasteiger charge is -2.17. The molecular formula is C15H21ClN2O5S. The van der Waals surface area contributed by atoms with Crippen molar-refractivity contribution in [1.82, 2.24) is 9.62 Å². The van der Waals surface area contributed by atoms with Crippen molar-refractivity contribution in [2.45, 2.75) is 31.2 Å². The van der Waals surface area contributed by atoms with Crippen LogP contribution in [0.2, 0.25) is 5.02 Å². The van der Waals surface area contributed by atoms with Crippen LogP contribution in [0, 0.1) is 0 Å². The van der Waals surface area contributed by atoms with Gasteiger partial charge in [-0.3, -0.25) is 9.59 Å². The summed E-state index contributed by atoms with van der Waals surface area (Å²) in [4.78, 5) is 23.2. The molecule has 1 aromatic carbocycles. The number of nitrogens with one attached hydrogen (secondary N) is 1. The Bertz CT molecular complexity index is 676. The highest BCUT2D eigenvalue weighted by Crippen LogP contribution is 2.17. The van der Waals surface area contributed by atoms with Gasteiger partial charge in [-0.15, -0.1) is 0 Å². The number of rotatable bonds is 8. The van der Waals surface area contributed by atoms with Crippen LogP contribution in [0.5, 0.6) is 0 Å². The van der Waals surface area contributed by atoms with E-state index < -0.39 is 35.1 Å². The first-order chi connectivity index (χ1) is 11.2. The van der Waals surface area contributed by atoms with Gasteiger partial charge in [-0.2, -0.15) is 4.31 Å². The second kappa shape index (κ2) is 9.00. The molecule has 1 rings (SSSR count). The number of nitrogens with zero attached hydrogens (tertiary/aromatic N) is 1. The Morgan fingerprint density at radius 1 is 1.29 bits per heavy atom. The van der Waals surface area contributed by atoms with E-state index in [2.05, 4.69) is 5.32 Å². The van der Waals surface area contributed by atoms with Crippen LogP contribution < -0.4 is 5.32 Å². The van der Waals surface area contributed by atoms with E-state index in [1.165, 1.54) is 31.3 Å². The van der Waals surface area contributed by atoms with Gasteiger partial charge in [0.2, 0.25) is 10.0 Å². The lowest BCUT2D eigenvalue weighted by molar-refractivity contribution is -0.148. The number of carbonyl (C=O) groups is 2. The molecule has 0 heterocycles. The minimum Gasteiger partial charge on any atom is -0.455 e. The van der Waals surface area contributed by atoms with Gasteiger partial charge in [0, 0.05) is 18.1 Å². The van der Waals surface area contributed by atoms with Crippen molar-refractivity contribution in [1.29, 1.82) is 0 Å². The third kappa shape index (κ3) is 6.10. The van der Waals surface area contributed by atoms with Gasteiger partial charge in [-0.1, -0.05) is 18.5 Å². The fourth-order valence-electron chi connectivity index (χ4n) is 1.66. The van der Waals surface area contributed by atoms with E-state index in [1.54, 1.807) is 0 Å². The van der Waals surface area contributed by atoms with E-state index >= 15 is 0 Å². The predicted molar refractivity (Wildman–Crippen MR) is 90.1 cm³/mol. The van der Waals surface area contributed by atoms with Crippen molar-refractivity contribution in [2.75, 3.05) is 20.2 Å². The molecule has 0 aliphatic carbocycles. The third-order valence-corrected chi connectivity index (χ3v) is 5.33. The highest BCUT2D eigenvalue weighted by atomic mass is 35.5. The van der Waals surface area contributed by atoms with E-state index in [0.29, 0.717) is 5.02 Å². The molecular weight excluding hydrogens is 356 g/mol. The van der Waals surface area contributed by atoms with Crippen LogP contribution in [0.15, 0.2) is 29.2 Å². The smallest absolute Gasteiger partial charge is 0.321 e. The number of likely N-dealkylation sites (N-methyl/N-ethyl adjacent to an activating group) is 1. The monoisotopic (exact) mass is 376 g/mol. The van der Waals surface area contributed by atoms with E-state index in [0.717, 1.165) is 10.7 Å². The molecule has 0 radical (unpaired) electrons. The SMILES string of the molecule is CCC(C)NC(=O)COC(=O)CN(C)S(=O)(=O)c1ccc(Cl)cc1. The zero-order valence-corrected chi connectivity index (χ0v) is 15.4. The Morgan fingerprint density at radius 2 is 1.88 bits per heavy atom. The standard InChI is InChI=1S/C15H21ClN2O5S/c1-4-11(2)17-14(19)10-23-15(20)9-18(3)24(21,22)13-7-5-12(16)6-8-13/h5-8,11H,4,9-10H2,1-3H3,(H,17,19). The highest BCUT2D eigenvalue weighted by Gasteiger charge is 2.23. The Balaban J connectivity index is 2.57. The van der Waals surface area contributed by atoms with Crippen LogP contribution in [0.4, 0.5) is 0 Å². The van der Waals surface area contributed by atoms with Crippen LogP contribution in [-0.2, 0) is 24.3 Å². The van der Waals surface area contributed by atoms with Gasteiger partial charge in [-0.05, 0) is 37.6 Å². The number of hydrogen-bond donors (Lipinski definition) is 1. The molecule has 1 N–H and O–H groups in total. The number of hydrogen-bond acceptors (Lipinski definition) is 5. The first kappa shape index (κ1) is 20.4.